The van der Waals surface area contributed by atoms with Crippen LogP contribution in [0.2, 0.25) is 19.6 Å². The van der Waals surface area contributed by atoms with E-state index in [1.54, 1.807) is 4.50 Å². The van der Waals surface area contributed by atoms with Gasteiger partial charge in [-0.2, -0.15) is 11.3 Å². The van der Waals surface area contributed by atoms with E-state index in [0.717, 1.165) is 30.2 Å². The van der Waals surface area contributed by atoms with Crippen LogP contribution in [0.4, 0.5) is 4.39 Å². The summed E-state index contributed by atoms with van der Waals surface area (Å²) in [6, 6.07) is 16.8. The monoisotopic (exact) mass is 769 g/mol. The van der Waals surface area contributed by atoms with Crippen molar-refractivity contribution in [2.75, 3.05) is 6.67 Å². The van der Waals surface area contributed by atoms with Crippen molar-refractivity contribution in [3.63, 3.8) is 0 Å². The second-order valence-electron chi connectivity index (χ2n) is 12.4. The Labute approximate surface area is 263 Å². The van der Waals surface area contributed by atoms with Gasteiger partial charge in [0.15, 0.2) is 12.5 Å². The summed E-state index contributed by atoms with van der Waals surface area (Å²) in [6.07, 6.45) is 4.47. The van der Waals surface area contributed by atoms with E-state index in [4.69, 9.17) is 4.98 Å². The van der Waals surface area contributed by atoms with Crippen LogP contribution in [0, 0.1) is 18.9 Å². The first-order valence-corrected chi connectivity index (χ1v) is 18.4. The van der Waals surface area contributed by atoms with E-state index in [2.05, 4.69) is 89.8 Å². The molecule has 0 saturated heterocycles. The number of aromatic nitrogens is 1. The first-order valence-electron chi connectivity index (χ1n) is 14.1. The molecular formula is C34H43FIrNO2SSi-. The number of carbonyl (C=O) groups is 1. The van der Waals surface area contributed by atoms with Gasteiger partial charge in [0.25, 0.3) is 0 Å². The molecule has 41 heavy (non-hydrogen) atoms. The topological polar surface area (TPSA) is 50.2 Å². The smallest absolute Gasteiger partial charge is 0.189 e. The molecule has 0 bridgehead atoms. The summed E-state index contributed by atoms with van der Waals surface area (Å²) in [7, 11) is -1.39. The normalized spacial score (nSPS) is 12.3. The van der Waals surface area contributed by atoms with E-state index in [1.165, 1.54) is 32.0 Å². The van der Waals surface area contributed by atoms with Crippen LogP contribution in [0.15, 0.2) is 54.4 Å². The Bertz CT molecular complexity index is 1530. The minimum Gasteiger partial charge on any atom is -0.512 e. The van der Waals surface area contributed by atoms with Gasteiger partial charge < -0.3 is 5.11 Å². The number of aliphatic hydroxyl groups excluding tert-OH is 1. The van der Waals surface area contributed by atoms with Crippen LogP contribution in [0.25, 0.3) is 32.1 Å². The van der Waals surface area contributed by atoms with Crippen LogP contribution in [0.3, 0.4) is 0 Å². The Kier molecular flexibility index (Phi) is 12.2. The summed E-state index contributed by atoms with van der Waals surface area (Å²) in [5, 5.41) is 13.1. The molecule has 223 valence electrons. The van der Waals surface area contributed by atoms with Crippen molar-refractivity contribution in [2.45, 2.75) is 79.4 Å². The molecule has 0 aliphatic rings. The van der Waals surface area contributed by atoms with E-state index in [1.807, 2.05) is 31.4 Å². The van der Waals surface area contributed by atoms with Gasteiger partial charge in [-0.25, -0.2) is 4.39 Å². The number of hydrogen-bond donors (Lipinski definition) is 1. The molecule has 4 aromatic rings. The summed E-state index contributed by atoms with van der Waals surface area (Å²) in [4.78, 5) is 15.4. The second kappa shape index (κ2) is 14.3. The predicted octanol–water partition coefficient (Wildman–Crippen LogP) is 9.47. The zero-order valence-corrected chi connectivity index (χ0v) is 30.0. The summed E-state index contributed by atoms with van der Waals surface area (Å²) in [5.41, 5.74) is 5.05. The van der Waals surface area contributed by atoms with E-state index >= 15 is 0 Å². The van der Waals surface area contributed by atoms with Crippen LogP contribution in [0.5, 0.6) is 0 Å². The molecule has 2 aromatic carbocycles. The number of fused-ring (bicyclic) bond motifs is 2. The van der Waals surface area contributed by atoms with Crippen LogP contribution in [0.1, 0.15) is 58.6 Å². The number of carbonyl (C=O) groups excluding carboxylic acids is 1. The van der Waals surface area contributed by atoms with Gasteiger partial charge >= 0.3 is 0 Å². The Morgan fingerprint density at radius 1 is 1.12 bits per heavy atom. The molecule has 2 heterocycles. The summed E-state index contributed by atoms with van der Waals surface area (Å²) in [5.74, 6) is -0.678. The van der Waals surface area contributed by atoms with Crippen molar-refractivity contribution in [2.24, 2.45) is 5.92 Å². The van der Waals surface area contributed by atoms with Crippen LogP contribution in [-0.2, 0) is 30.3 Å². The molecule has 0 fully saturated rings. The second-order valence-corrected chi connectivity index (χ2v) is 18.8. The number of aryl methyl sites for hydroxylation is 1. The molecule has 1 radical (unpaired) electrons. The van der Waals surface area contributed by atoms with E-state index in [9.17, 15) is 14.3 Å². The fourth-order valence-corrected chi connectivity index (χ4v) is 8.91. The first-order chi connectivity index (χ1) is 18.7. The van der Waals surface area contributed by atoms with Gasteiger partial charge in [-0.1, -0.05) is 83.4 Å². The average Bonchev–Trinajstić information content (AvgIpc) is 3.25. The molecule has 0 saturated carbocycles. The molecular weight excluding hydrogens is 726 g/mol. The van der Waals surface area contributed by atoms with Crippen LogP contribution in [-0.4, -0.2) is 30.6 Å². The van der Waals surface area contributed by atoms with Crippen molar-refractivity contribution in [1.29, 1.82) is 0 Å². The van der Waals surface area contributed by atoms with E-state index in [0.29, 0.717) is 0 Å². The SMILES string of the molecule is CCC(CC)/C(O)=C/C(=O)CF.Cc1c([Si](C)(C)C)sc2c(-c3[c-]c4ccccc4c(C(C)(C)C)c3)nccc12.[Ir]. The Balaban J connectivity index is 0.000000387. The number of pyridine rings is 1. The molecule has 4 rings (SSSR count). The predicted molar refractivity (Wildman–Crippen MR) is 174 cm³/mol. The number of halogens is 1. The molecule has 2 aromatic heterocycles. The number of rotatable bonds is 7. The minimum absolute atomic E-state index is 0. The molecule has 0 spiro atoms. The third-order valence-corrected chi connectivity index (χ3v) is 12.2. The molecule has 0 aliphatic heterocycles. The molecule has 3 nitrogen and oxygen atoms in total. The molecule has 1 N–H and O–H groups in total. The fraction of sp³-hybridized carbons (Fsp3) is 0.412. The fourth-order valence-electron chi connectivity index (χ4n) is 5.06. The number of aliphatic hydroxyl groups is 1. The quantitative estimate of drug-likeness (QED) is 0.0883. The van der Waals surface area contributed by atoms with Crippen LogP contribution >= 0.6 is 11.3 Å². The number of ketones is 1. The average molecular weight is 769 g/mol. The largest absolute Gasteiger partial charge is 0.512 e. The number of nitrogens with zero attached hydrogens (tertiary/aromatic N) is 1. The standard InChI is InChI=1S/C25H28NSSi.C9H15FO2.Ir/c1-16-19-12-13-26-22(23(19)27-24(16)28(5,6)7)18-14-17-10-8-9-11-20(17)21(15-18)25(2,3)4;1-3-7(4-2)9(12)5-8(11)6-10;/h8-13,15H,1-7H3;5,7,12H,3-4,6H2,1-2H3;/q-1;;/b;9-5-;. The zero-order chi connectivity index (χ0) is 29.8. The van der Waals surface area contributed by atoms with Gasteiger partial charge in [-0.3, -0.25) is 9.78 Å². The van der Waals surface area contributed by atoms with Gasteiger partial charge in [-0.05, 0) is 46.7 Å². The van der Waals surface area contributed by atoms with Crippen LogP contribution < -0.4 is 4.50 Å². The van der Waals surface area contributed by atoms with Gasteiger partial charge in [-0.15, -0.1) is 29.1 Å². The first kappa shape index (κ1) is 35.0. The molecule has 0 unspecified atom stereocenters. The number of benzene rings is 2. The number of thiophene rings is 1. The maximum atomic E-state index is 11.7. The third kappa shape index (κ3) is 8.22. The number of allylic oxidation sites excluding steroid dienone is 2. The summed E-state index contributed by atoms with van der Waals surface area (Å²) >= 11 is 1.95. The van der Waals surface area contributed by atoms with Crippen molar-refractivity contribution in [3.8, 4) is 11.3 Å². The number of hydrogen-bond acceptors (Lipinski definition) is 4. The molecule has 0 atom stereocenters. The summed E-state index contributed by atoms with van der Waals surface area (Å²) in [6.45, 7) is 19.2. The van der Waals surface area contributed by atoms with Crippen molar-refractivity contribution >= 4 is 50.6 Å². The maximum Gasteiger partial charge on any atom is 0.189 e. The molecule has 0 amide bonds. The zero-order valence-electron chi connectivity index (χ0n) is 25.7. The Hall–Kier alpha value is -2.18. The van der Waals surface area contributed by atoms with Gasteiger partial charge in [0.1, 0.15) is 0 Å². The van der Waals surface area contributed by atoms with E-state index < -0.39 is 20.5 Å². The Morgan fingerprint density at radius 3 is 2.32 bits per heavy atom. The van der Waals surface area contributed by atoms with Gasteiger partial charge in [0.05, 0.1) is 13.8 Å². The molecule has 7 heteroatoms. The Morgan fingerprint density at radius 2 is 1.76 bits per heavy atom. The summed E-state index contributed by atoms with van der Waals surface area (Å²) < 4.78 is 14.6. The van der Waals surface area contributed by atoms with Gasteiger partial charge in [0, 0.05) is 48.7 Å². The third-order valence-electron chi connectivity index (χ3n) is 7.22. The minimum atomic E-state index is -1.39. The molecule has 0 aliphatic carbocycles. The van der Waals surface area contributed by atoms with Crippen molar-refractivity contribution in [3.05, 3.63) is 71.6 Å². The van der Waals surface area contributed by atoms with Crippen molar-refractivity contribution in [1.82, 2.24) is 4.98 Å². The van der Waals surface area contributed by atoms with E-state index in [-0.39, 0.29) is 37.2 Å². The maximum absolute atomic E-state index is 11.7. The van der Waals surface area contributed by atoms with Gasteiger partial charge in [0.2, 0.25) is 0 Å². The number of alkyl halides is 1. The van der Waals surface area contributed by atoms with Crippen molar-refractivity contribution < 1.29 is 34.4 Å².